The number of nitrogens with zero attached hydrogens (tertiary/aromatic N) is 2. The highest BCUT2D eigenvalue weighted by atomic mass is 14.9. The van der Waals surface area contributed by atoms with Gasteiger partial charge in [0, 0.05) is 23.3 Å². The van der Waals surface area contributed by atoms with E-state index in [0.29, 0.717) is 0 Å². The Bertz CT molecular complexity index is 610. The minimum absolute atomic E-state index is 0.855. The number of rotatable bonds is 0. The Morgan fingerprint density at radius 3 is 2.93 bits per heavy atom. The van der Waals surface area contributed by atoms with Gasteiger partial charge in [-0.1, -0.05) is 12.1 Å². The fraction of sp³-hybridized carbons (Fsp3) is 0.0909. The fourth-order valence-electron chi connectivity index (χ4n) is 1.72. The topological polar surface area (TPSA) is 41.6 Å². The standard InChI is InChI=1S/C11H9N3/c1-7-2-3-8-9(6-7)14-11-10(8)12-4-5-13-11/h2-6H,1H3,(H,13,14). The Morgan fingerprint density at radius 2 is 2.00 bits per heavy atom. The van der Waals surface area contributed by atoms with Crippen LogP contribution in [0.3, 0.4) is 0 Å². The Hall–Kier alpha value is -1.90. The molecular weight excluding hydrogens is 174 g/mol. The first-order chi connectivity index (χ1) is 6.84. The van der Waals surface area contributed by atoms with Crippen LogP contribution in [0.25, 0.3) is 22.1 Å². The van der Waals surface area contributed by atoms with Crippen LogP contribution in [0, 0.1) is 6.92 Å². The summed E-state index contributed by atoms with van der Waals surface area (Å²) in [6.45, 7) is 2.08. The SMILES string of the molecule is Cc1ccc2c(c1)[nH]c1nccnc12. The number of aromatic amines is 1. The summed E-state index contributed by atoms with van der Waals surface area (Å²) in [6.07, 6.45) is 3.42. The van der Waals surface area contributed by atoms with Crippen LogP contribution < -0.4 is 0 Å². The molecule has 1 aromatic carbocycles. The zero-order chi connectivity index (χ0) is 9.54. The van der Waals surface area contributed by atoms with Gasteiger partial charge in [-0.05, 0) is 18.6 Å². The van der Waals surface area contributed by atoms with Crippen LogP contribution in [0.15, 0.2) is 30.6 Å². The summed E-state index contributed by atoms with van der Waals surface area (Å²) in [5, 5.41) is 1.14. The van der Waals surface area contributed by atoms with E-state index in [0.717, 1.165) is 22.1 Å². The molecule has 68 valence electrons. The van der Waals surface area contributed by atoms with E-state index in [9.17, 15) is 0 Å². The second kappa shape index (κ2) is 2.54. The third-order valence-electron chi connectivity index (χ3n) is 2.38. The Morgan fingerprint density at radius 1 is 1.14 bits per heavy atom. The lowest BCUT2D eigenvalue weighted by atomic mass is 10.2. The first kappa shape index (κ1) is 7.50. The zero-order valence-corrected chi connectivity index (χ0v) is 7.78. The largest absolute Gasteiger partial charge is 0.338 e. The molecule has 3 nitrogen and oxygen atoms in total. The number of nitrogens with one attached hydrogen (secondary N) is 1. The van der Waals surface area contributed by atoms with Gasteiger partial charge in [-0.15, -0.1) is 0 Å². The van der Waals surface area contributed by atoms with Gasteiger partial charge >= 0.3 is 0 Å². The molecule has 0 unspecified atom stereocenters. The molecule has 14 heavy (non-hydrogen) atoms. The second-order valence-corrected chi connectivity index (χ2v) is 3.43. The highest BCUT2D eigenvalue weighted by molar-refractivity contribution is 6.03. The van der Waals surface area contributed by atoms with Crippen molar-refractivity contribution in [2.45, 2.75) is 6.92 Å². The Balaban J connectivity index is 2.57. The number of fused-ring (bicyclic) bond motifs is 3. The van der Waals surface area contributed by atoms with Gasteiger partial charge in [0.15, 0.2) is 5.65 Å². The van der Waals surface area contributed by atoms with E-state index >= 15 is 0 Å². The van der Waals surface area contributed by atoms with Crippen molar-refractivity contribution < 1.29 is 0 Å². The van der Waals surface area contributed by atoms with Crippen molar-refractivity contribution in [2.24, 2.45) is 0 Å². The molecule has 0 aliphatic carbocycles. The van der Waals surface area contributed by atoms with E-state index in [-0.39, 0.29) is 0 Å². The fourth-order valence-corrected chi connectivity index (χ4v) is 1.72. The molecule has 0 radical (unpaired) electrons. The maximum absolute atomic E-state index is 4.31. The summed E-state index contributed by atoms with van der Waals surface area (Å²) in [5.74, 6) is 0. The van der Waals surface area contributed by atoms with Gasteiger partial charge in [-0.3, -0.25) is 4.98 Å². The molecule has 0 aliphatic rings. The Labute approximate surface area is 80.8 Å². The van der Waals surface area contributed by atoms with Crippen molar-refractivity contribution in [3.05, 3.63) is 36.2 Å². The molecule has 3 aromatic rings. The van der Waals surface area contributed by atoms with Crippen LogP contribution in [-0.2, 0) is 0 Å². The highest BCUT2D eigenvalue weighted by Crippen LogP contribution is 2.22. The first-order valence-electron chi connectivity index (χ1n) is 4.53. The molecule has 2 heterocycles. The van der Waals surface area contributed by atoms with Crippen molar-refractivity contribution in [1.82, 2.24) is 15.0 Å². The van der Waals surface area contributed by atoms with E-state index in [4.69, 9.17) is 0 Å². The molecule has 0 aliphatic heterocycles. The number of hydrogen-bond acceptors (Lipinski definition) is 2. The van der Waals surface area contributed by atoms with Crippen LogP contribution in [0.2, 0.25) is 0 Å². The lowest BCUT2D eigenvalue weighted by molar-refractivity contribution is 1.27. The third-order valence-corrected chi connectivity index (χ3v) is 2.38. The van der Waals surface area contributed by atoms with E-state index in [2.05, 4.69) is 40.1 Å². The normalized spacial score (nSPS) is 11.2. The maximum Gasteiger partial charge on any atom is 0.157 e. The number of benzene rings is 1. The number of H-pyrrole nitrogens is 1. The van der Waals surface area contributed by atoms with Crippen LogP contribution in [0.5, 0.6) is 0 Å². The average molecular weight is 183 g/mol. The molecule has 0 atom stereocenters. The molecule has 0 saturated heterocycles. The Kier molecular flexibility index (Phi) is 1.36. The molecule has 3 heteroatoms. The van der Waals surface area contributed by atoms with Crippen LogP contribution in [-0.4, -0.2) is 15.0 Å². The van der Waals surface area contributed by atoms with Crippen molar-refractivity contribution in [2.75, 3.05) is 0 Å². The molecule has 0 saturated carbocycles. The van der Waals surface area contributed by atoms with Crippen LogP contribution >= 0.6 is 0 Å². The van der Waals surface area contributed by atoms with Crippen molar-refractivity contribution in [1.29, 1.82) is 0 Å². The molecule has 0 spiro atoms. The first-order valence-corrected chi connectivity index (χ1v) is 4.53. The molecule has 0 bridgehead atoms. The van der Waals surface area contributed by atoms with Gasteiger partial charge in [0.2, 0.25) is 0 Å². The smallest absolute Gasteiger partial charge is 0.157 e. The molecule has 2 aromatic heterocycles. The second-order valence-electron chi connectivity index (χ2n) is 3.43. The van der Waals surface area contributed by atoms with E-state index in [1.807, 2.05) is 0 Å². The van der Waals surface area contributed by atoms with Gasteiger partial charge in [0.1, 0.15) is 5.52 Å². The quantitative estimate of drug-likeness (QED) is 0.581. The molecule has 3 rings (SSSR count). The lowest BCUT2D eigenvalue weighted by Crippen LogP contribution is -1.76. The summed E-state index contributed by atoms with van der Waals surface area (Å²) in [5.41, 5.74) is 4.14. The number of aromatic nitrogens is 3. The molecular formula is C11H9N3. The molecule has 0 fully saturated rings. The van der Waals surface area contributed by atoms with Gasteiger partial charge in [-0.25, -0.2) is 4.98 Å². The van der Waals surface area contributed by atoms with Gasteiger partial charge < -0.3 is 4.98 Å². The van der Waals surface area contributed by atoms with E-state index in [1.54, 1.807) is 12.4 Å². The van der Waals surface area contributed by atoms with Crippen LogP contribution in [0.1, 0.15) is 5.56 Å². The summed E-state index contributed by atoms with van der Waals surface area (Å²) < 4.78 is 0. The predicted octanol–water partition coefficient (Wildman–Crippen LogP) is 2.42. The minimum Gasteiger partial charge on any atom is -0.338 e. The molecule has 0 amide bonds. The summed E-state index contributed by atoms with van der Waals surface area (Å²) >= 11 is 0. The summed E-state index contributed by atoms with van der Waals surface area (Å²) in [6, 6.07) is 6.28. The minimum atomic E-state index is 0.855. The monoisotopic (exact) mass is 183 g/mol. The van der Waals surface area contributed by atoms with Crippen molar-refractivity contribution in [3.8, 4) is 0 Å². The van der Waals surface area contributed by atoms with Gasteiger partial charge in [0.05, 0.1) is 0 Å². The highest BCUT2D eigenvalue weighted by Gasteiger charge is 2.04. The van der Waals surface area contributed by atoms with Gasteiger partial charge in [0.25, 0.3) is 0 Å². The van der Waals surface area contributed by atoms with Gasteiger partial charge in [-0.2, -0.15) is 0 Å². The number of aryl methyl sites for hydroxylation is 1. The predicted molar refractivity (Wildman–Crippen MR) is 56.1 cm³/mol. The average Bonchev–Trinajstić information content (AvgIpc) is 2.54. The number of hydrogen-bond donors (Lipinski definition) is 1. The summed E-state index contributed by atoms with van der Waals surface area (Å²) in [7, 11) is 0. The van der Waals surface area contributed by atoms with Crippen molar-refractivity contribution in [3.63, 3.8) is 0 Å². The zero-order valence-electron chi connectivity index (χ0n) is 7.78. The van der Waals surface area contributed by atoms with E-state index in [1.165, 1.54) is 5.56 Å². The molecule has 1 N–H and O–H groups in total. The summed E-state index contributed by atoms with van der Waals surface area (Å²) in [4.78, 5) is 11.8. The van der Waals surface area contributed by atoms with Crippen LogP contribution in [0.4, 0.5) is 0 Å². The van der Waals surface area contributed by atoms with E-state index < -0.39 is 0 Å². The van der Waals surface area contributed by atoms with Crippen molar-refractivity contribution >= 4 is 22.1 Å². The maximum atomic E-state index is 4.31. The third kappa shape index (κ3) is 0.923. The lowest BCUT2D eigenvalue weighted by Gasteiger charge is -1.91.